The van der Waals surface area contributed by atoms with Gasteiger partial charge >= 0.3 is 0 Å². The van der Waals surface area contributed by atoms with Gasteiger partial charge in [0, 0.05) is 36.6 Å². The van der Waals surface area contributed by atoms with Crippen molar-refractivity contribution in [2.75, 3.05) is 13.2 Å². The Morgan fingerprint density at radius 3 is 2.85 bits per heavy atom. The Morgan fingerprint density at radius 1 is 1.15 bits per heavy atom. The summed E-state index contributed by atoms with van der Waals surface area (Å²) < 4.78 is 11.9. The highest BCUT2D eigenvalue weighted by Gasteiger charge is 2.36. The van der Waals surface area contributed by atoms with E-state index >= 15 is 0 Å². The number of aromatic nitrogens is 3. The van der Waals surface area contributed by atoms with Crippen molar-refractivity contribution in [3.05, 3.63) is 41.6 Å². The molecule has 0 bridgehead atoms. The Labute approximate surface area is 158 Å². The van der Waals surface area contributed by atoms with Gasteiger partial charge in [0.2, 0.25) is 0 Å². The van der Waals surface area contributed by atoms with Gasteiger partial charge in [-0.05, 0) is 31.8 Å². The number of nitrogens with zero attached hydrogens (tertiary/aromatic N) is 4. The molecule has 1 aliphatic carbocycles. The van der Waals surface area contributed by atoms with E-state index in [9.17, 15) is 0 Å². The Balaban J connectivity index is 1.41. The van der Waals surface area contributed by atoms with Crippen LogP contribution in [0.1, 0.15) is 67.7 Å². The molecule has 4 heterocycles. The predicted octanol–water partition coefficient (Wildman–Crippen LogP) is 3.97. The van der Waals surface area contributed by atoms with Crippen LogP contribution in [0.15, 0.2) is 33.9 Å². The van der Waals surface area contributed by atoms with Gasteiger partial charge in [0.05, 0.1) is 0 Å². The Kier molecular flexibility index (Phi) is 4.41. The van der Waals surface area contributed by atoms with E-state index in [-0.39, 0.29) is 6.10 Å². The van der Waals surface area contributed by atoms with Gasteiger partial charge < -0.3 is 9.26 Å². The number of ether oxygens (including phenoxy) is 1. The molecule has 2 unspecified atom stereocenters. The Bertz CT molecular complexity index is 842. The first-order valence-electron chi connectivity index (χ1n) is 10.0. The molecule has 1 saturated heterocycles. The zero-order valence-electron chi connectivity index (χ0n) is 15.5. The van der Waals surface area contributed by atoms with E-state index in [1.807, 2.05) is 18.6 Å². The molecule has 1 N–H and O–H groups in total. The van der Waals surface area contributed by atoms with Crippen LogP contribution in [-0.4, -0.2) is 34.8 Å². The summed E-state index contributed by atoms with van der Waals surface area (Å²) in [6.45, 7) is 2.25. The molecule has 1 saturated carbocycles. The number of H-pyrrole nitrogens is 1. The molecular formula is C20H26N5O2+. The quantitative estimate of drug-likeness (QED) is 0.810. The summed E-state index contributed by atoms with van der Waals surface area (Å²) in [6.07, 6.45) is 13.2. The zero-order valence-corrected chi connectivity index (χ0v) is 15.5. The van der Waals surface area contributed by atoms with Gasteiger partial charge in [0.15, 0.2) is 18.6 Å². The molecular weight excluding hydrogens is 342 g/mol. The molecule has 0 aromatic carbocycles. The topological polar surface area (TPSA) is 76.3 Å². The highest BCUT2D eigenvalue weighted by atomic mass is 16.5. The summed E-state index contributed by atoms with van der Waals surface area (Å²) >= 11 is 0. The fourth-order valence-electron chi connectivity index (χ4n) is 4.49. The highest BCUT2D eigenvalue weighted by Crippen LogP contribution is 2.36. The van der Waals surface area contributed by atoms with Gasteiger partial charge in [-0.1, -0.05) is 18.0 Å². The van der Waals surface area contributed by atoms with Crippen LogP contribution in [0.4, 0.5) is 5.82 Å². The Morgan fingerprint density at radius 2 is 2.07 bits per heavy atom. The van der Waals surface area contributed by atoms with Crippen molar-refractivity contribution in [2.45, 2.75) is 57.1 Å². The molecule has 5 rings (SSSR count). The van der Waals surface area contributed by atoms with Crippen LogP contribution in [-0.2, 0) is 11.3 Å². The van der Waals surface area contributed by atoms with Gasteiger partial charge in [0.1, 0.15) is 18.3 Å². The van der Waals surface area contributed by atoms with Gasteiger partial charge in [0.25, 0.3) is 5.82 Å². The first-order valence-corrected chi connectivity index (χ1v) is 10.0. The minimum absolute atomic E-state index is 0.0743. The van der Waals surface area contributed by atoms with Crippen molar-refractivity contribution in [3.63, 3.8) is 0 Å². The summed E-state index contributed by atoms with van der Waals surface area (Å²) in [5, 5.41) is 12.2. The van der Waals surface area contributed by atoms with E-state index in [0.29, 0.717) is 16.9 Å². The number of nitrogens with one attached hydrogen (secondary N) is 1. The van der Waals surface area contributed by atoms with Crippen molar-refractivity contribution >= 4 is 12.2 Å². The number of aliphatic imine (C=N–C) groups is 1. The van der Waals surface area contributed by atoms with Gasteiger partial charge in [-0.2, -0.15) is 0 Å². The molecule has 0 spiro atoms. The average molecular weight is 368 g/mol. The highest BCUT2D eigenvalue weighted by molar-refractivity contribution is 5.73. The first-order chi connectivity index (χ1) is 13.3. The van der Waals surface area contributed by atoms with Crippen molar-refractivity contribution in [3.8, 4) is 0 Å². The van der Waals surface area contributed by atoms with E-state index < -0.39 is 0 Å². The molecule has 2 fully saturated rings. The normalized spacial score (nSPS) is 28.4. The van der Waals surface area contributed by atoms with Crippen LogP contribution in [0.2, 0.25) is 0 Å². The predicted molar refractivity (Wildman–Crippen MR) is 102 cm³/mol. The molecule has 0 radical (unpaired) electrons. The maximum absolute atomic E-state index is 5.73. The molecule has 2 aromatic rings. The second-order valence-corrected chi connectivity index (χ2v) is 7.91. The maximum Gasteiger partial charge on any atom is 0.252 e. The third kappa shape index (κ3) is 3.26. The summed E-state index contributed by atoms with van der Waals surface area (Å²) in [5.41, 5.74) is 2.15. The largest absolute Gasteiger partial charge is 0.372 e. The molecule has 2 aromatic heterocycles. The second-order valence-electron chi connectivity index (χ2n) is 7.91. The fourth-order valence-corrected chi connectivity index (χ4v) is 4.49. The molecule has 3 aliphatic rings. The lowest BCUT2D eigenvalue weighted by Crippen LogP contribution is -2.48. The first kappa shape index (κ1) is 16.9. The van der Waals surface area contributed by atoms with Crippen LogP contribution in [0.5, 0.6) is 0 Å². The lowest BCUT2D eigenvalue weighted by molar-refractivity contribution is 0.105. The van der Waals surface area contributed by atoms with Crippen molar-refractivity contribution in [1.29, 1.82) is 0 Å². The van der Waals surface area contributed by atoms with Crippen LogP contribution in [0.25, 0.3) is 0 Å². The number of hydrogen-bond donors (Lipinski definition) is 1. The van der Waals surface area contributed by atoms with E-state index in [0.717, 1.165) is 43.3 Å². The minimum Gasteiger partial charge on any atom is -0.372 e. The van der Waals surface area contributed by atoms with Gasteiger partial charge in [-0.25, -0.2) is 9.48 Å². The maximum atomic E-state index is 5.73. The summed E-state index contributed by atoms with van der Waals surface area (Å²) in [6, 6.07) is 4.26. The molecule has 0 amide bonds. The van der Waals surface area contributed by atoms with Crippen LogP contribution < -0.4 is 4.48 Å². The van der Waals surface area contributed by atoms with E-state index in [4.69, 9.17) is 9.26 Å². The minimum atomic E-state index is 0.0743. The summed E-state index contributed by atoms with van der Waals surface area (Å²) in [7, 11) is 0. The number of hydrogen-bond acceptors (Lipinski definition) is 5. The zero-order chi connectivity index (χ0) is 18.1. The summed E-state index contributed by atoms with van der Waals surface area (Å²) in [5.74, 6) is 2.44. The molecule has 27 heavy (non-hydrogen) atoms. The third-order valence-corrected chi connectivity index (χ3v) is 6.02. The van der Waals surface area contributed by atoms with Gasteiger partial charge in [-0.3, -0.25) is 5.10 Å². The molecule has 2 aliphatic heterocycles. The van der Waals surface area contributed by atoms with Crippen molar-refractivity contribution < 1.29 is 9.26 Å². The number of rotatable bonds is 5. The molecule has 142 valence electrons. The molecule has 7 heteroatoms. The average Bonchev–Trinajstić information content (AvgIpc) is 3.50. The standard InChI is InChI=1S/C20H26N5O2/c1-2-6-15(5-1)17-12-20(23-22-17)25(9-4-8-21-14-25)13-16-11-18(24-27-16)19-7-3-10-26-19/h4,8,11-12,14-15,19H,1-3,5-7,9-10,13H2,(H,22,23)/q+1. The van der Waals surface area contributed by atoms with E-state index in [1.165, 1.54) is 31.4 Å². The summed E-state index contributed by atoms with van der Waals surface area (Å²) in [4.78, 5) is 4.42. The fraction of sp³-hybridized carbons (Fsp3) is 0.550. The van der Waals surface area contributed by atoms with Crippen LogP contribution in [0, 0.1) is 0 Å². The van der Waals surface area contributed by atoms with Crippen molar-refractivity contribution in [1.82, 2.24) is 19.8 Å². The molecule has 2 atom stereocenters. The smallest absolute Gasteiger partial charge is 0.252 e. The van der Waals surface area contributed by atoms with E-state index in [2.05, 4.69) is 32.5 Å². The van der Waals surface area contributed by atoms with E-state index in [1.54, 1.807) is 0 Å². The van der Waals surface area contributed by atoms with Crippen molar-refractivity contribution in [2.24, 2.45) is 4.99 Å². The Hall–Kier alpha value is -2.25. The van der Waals surface area contributed by atoms with Crippen LogP contribution >= 0.6 is 0 Å². The number of aromatic amines is 1. The SMILES string of the molecule is C1=CN=C[N+](Cc2cc(C3CCCO3)no2)(c2cc(C3CCCC3)[nH]n2)C1. The lowest BCUT2D eigenvalue weighted by atomic mass is 10.0. The number of quaternary nitrogens is 1. The monoisotopic (exact) mass is 368 g/mol. The van der Waals surface area contributed by atoms with Gasteiger partial charge in [-0.15, -0.1) is 5.10 Å². The second kappa shape index (κ2) is 7.05. The third-order valence-electron chi connectivity index (χ3n) is 6.02. The molecule has 7 nitrogen and oxygen atoms in total. The lowest BCUT2D eigenvalue weighted by Gasteiger charge is -2.30. The van der Waals surface area contributed by atoms with Crippen LogP contribution in [0.3, 0.4) is 0 Å².